The molecule has 4 heteroatoms. The van der Waals surface area contributed by atoms with Crippen LogP contribution in [0.2, 0.25) is 0 Å². The van der Waals surface area contributed by atoms with Gasteiger partial charge in [0.1, 0.15) is 5.52 Å². The Hall–Kier alpha value is -3.11. The average Bonchev–Trinajstić information content (AvgIpc) is 3.03. The van der Waals surface area contributed by atoms with Crippen LogP contribution in [0.5, 0.6) is 0 Å². The van der Waals surface area contributed by atoms with Gasteiger partial charge >= 0.3 is 0 Å². The molecule has 0 saturated heterocycles. The molecule has 0 fully saturated rings. The van der Waals surface area contributed by atoms with Gasteiger partial charge in [0, 0.05) is 11.2 Å². The molecular formula is C22H21N3O. The predicted molar refractivity (Wildman–Crippen MR) is 106 cm³/mol. The van der Waals surface area contributed by atoms with Gasteiger partial charge in [-0.1, -0.05) is 48.5 Å². The van der Waals surface area contributed by atoms with Crippen molar-refractivity contribution in [1.29, 1.82) is 0 Å². The molecular weight excluding hydrogens is 322 g/mol. The Bertz CT molecular complexity index is 1030. The lowest BCUT2D eigenvalue weighted by Gasteiger charge is -2.19. The van der Waals surface area contributed by atoms with Gasteiger partial charge < -0.3 is 15.5 Å². The Morgan fingerprint density at radius 3 is 2.27 bits per heavy atom. The molecule has 4 rings (SSSR count). The fourth-order valence-electron chi connectivity index (χ4n) is 2.90. The summed E-state index contributed by atoms with van der Waals surface area (Å²) in [5.74, 6) is 0. The zero-order valence-corrected chi connectivity index (χ0v) is 14.9. The largest absolute Gasteiger partial charge is 0.423 e. The molecule has 0 atom stereocenters. The standard InChI is InChI=1S/C22H21N3O/c1-22(2,23)17-11-8-15(9-12-17)16-10-13-20-19(14-16)25-21(26-20)24-18-6-4-3-5-7-18/h3-14H,23H2,1-2H3,(H,24,25). The van der Waals surface area contributed by atoms with Gasteiger partial charge in [-0.3, -0.25) is 0 Å². The number of benzene rings is 3. The first kappa shape index (κ1) is 16.4. The minimum Gasteiger partial charge on any atom is -0.423 e. The van der Waals surface area contributed by atoms with E-state index in [0.29, 0.717) is 6.01 Å². The smallest absolute Gasteiger partial charge is 0.300 e. The van der Waals surface area contributed by atoms with Crippen LogP contribution in [-0.2, 0) is 5.54 Å². The number of para-hydroxylation sites is 1. The van der Waals surface area contributed by atoms with Gasteiger partial charge in [0.25, 0.3) is 6.01 Å². The molecule has 4 nitrogen and oxygen atoms in total. The van der Waals surface area contributed by atoms with Crippen LogP contribution < -0.4 is 11.1 Å². The van der Waals surface area contributed by atoms with E-state index in [9.17, 15) is 0 Å². The second kappa shape index (κ2) is 6.32. The van der Waals surface area contributed by atoms with Gasteiger partial charge in [-0.25, -0.2) is 0 Å². The van der Waals surface area contributed by atoms with Crippen LogP contribution in [-0.4, -0.2) is 4.98 Å². The first-order chi connectivity index (χ1) is 12.5. The molecule has 1 heterocycles. The summed E-state index contributed by atoms with van der Waals surface area (Å²) < 4.78 is 5.79. The number of hydrogen-bond donors (Lipinski definition) is 2. The van der Waals surface area contributed by atoms with Crippen LogP contribution in [0.4, 0.5) is 11.7 Å². The third kappa shape index (κ3) is 3.32. The summed E-state index contributed by atoms with van der Waals surface area (Å²) in [6.07, 6.45) is 0. The van der Waals surface area contributed by atoms with Crippen molar-refractivity contribution in [2.75, 3.05) is 5.32 Å². The summed E-state index contributed by atoms with van der Waals surface area (Å²) in [6.45, 7) is 4.01. The van der Waals surface area contributed by atoms with Gasteiger partial charge in [0.2, 0.25) is 0 Å². The Balaban J connectivity index is 1.63. The number of nitrogens with one attached hydrogen (secondary N) is 1. The topological polar surface area (TPSA) is 64.1 Å². The van der Waals surface area contributed by atoms with Crippen molar-refractivity contribution in [1.82, 2.24) is 4.98 Å². The van der Waals surface area contributed by atoms with Crippen LogP contribution in [0.3, 0.4) is 0 Å². The van der Waals surface area contributed by atoms with E-state index >= 15 is 0 Å². The lowest BCUT2D eigenvalue weighted by atomic mass is 9.93. The molecule has 0 radical (unpaired) electrons. The van der Waals surface area contributed by atoms with Crippen LogP contribution in [0.15, 0.2) is 77.2 Å². The van der Waals surface area contributed by atoms with Crippen LogP contribution in [0, 0.1) is 0 Å². The highest BCUT2D eigenvalue weighted by Gasteiger charge is 2.14. The number of rotatable bonds is 4. The van der Waals surface area contributed by atoms with Crippen molar-refractivity contribution in [3.63, 3.8) is 0 Å². The van der Waals surface area contributed by atoms with E-state index in [0.717, 1.165) is 33.5 Å². The van der Waals surface area contributed by atoms with Crippen LogP contribution in [0.1, 0.15) is 19.4 Å². The minimum atomic E-state index is -0.341. The summed E-state index contributed by atoms with van der Waals surface area (Å²) in [4.78, 5) is 4.55. The normalized spacial score (nSPS) is 11.7. The molecule has 3 aromatic carbocycles. The molecule has 0 unspecified atom stereocenters. The van der Waals surface area contributed by atoms with Gasteiger partial charge in [-0.2, -0.15) is 4.98 Å². The summed E-state index contributed by atoms with van der Waals surface area (Å²) in [7, 11) is 0. The first-order valence-corrected chi connectivity index (χ1v) is 8.61. The van der Waals surface area contributed by atoms with E-state index < -0.39 is 0 Å². The van der Waals surface area contributed by atoms with Crippen molar-refractivity contribution in [3.8, 4) is 11.1 Å². The molecule has 0 saturated carbocycles. The molecule has 0 spiro atoms. The average molecular weight is 343 g/mol. The molecule has 0 amide bonds. The van der Waals surface area contributed by atoms with E-state index in [1.165, 1.54) is 0 Å². The quantitative estimate of drug-likeness (QED) is 0.518. The molecule has 26 heavy (non-hydrogen) atoms. The summed E-state index contributed by atoms with van der Waals surface area (Å²) >= 11 is 0. The highest BCUT2D eigenvalue weighted by molar-refractivity contribution is 5.82. The molecule has 3 N–H and O–H groups in total. The third-order valence-corrected chi connectivity index (χ3v) is 4.37. The zero-order chi connectivity index (χ0) is 18.1. The van der Waals surface area contributed by atoms with Crippen molar-refractivity contribution < 1.29 is 4.42 Å². The highest BCUT2D eigenvalue weighted by Crippen LogP contribution is 2.28. The van der Waals surface area contributed by atoms with Gasteiger partial charge in [-0.15, -0.1) is 0 Å². The molecule has 130 valence electrons. The Morgan fingerprint density at radius 2 is 1.58 bits per heavy atom. The maximum absolute atomic E-state index is 6.16. The zero-order valence-electron chi connectivity index (χ0n) is 14.9. The Kier molecular flexibility index (Phi) is 3.98. The first-order valence-electron chi connectivity index (χ1n) is 8.61. The van der Waals surface area contributed by atoms with E-state index in [4.69, 9.17) is 10.2 Å². The molecule has 0 aliphatic rings. The van der Waals surface area contributed by atoms with Crippen molar-refractivity contribution in [2.24, 2.45) is 5.73 Å². The van der Waals surface area contributed by atoms with E-state index in [1.807, 2.05) is 62.4 Å². The molecule has 1 aromatic heterocycles. The fraction of sp³-hybridized carbons (Fsp3) is 0.136. The number of fused-ring (bicyclic) bond motifs is 1. The summed E-state index contributed by atoms with van der Waals surface area (Å²) in [5.41, 5.74) is 11.7. The fourth-order valence-corrected chi connectivity index (χ4v) is 2.90. The monoisotopic (exact) mass is 343 g/mol. The molecule has 0 aliphatic carbocycles. The highest BCUT2D eigenvalue weighted by atomic mass is 16.4. The molecule has 4 aromatic rings. The second-order valence-electron chi connectivity index (χ2n) is 6.99. The number of oxazole rings is 1. The number of aromatic nitrogens is 1. The maximum atomic E-state index is 6.16. The third-order valence-electron chi connectivity index (χ3n) is 4.37. The number of anilines is 2. The number of nitrogens with zero attached hydrogens (tertiary/aromatic N) is 1. The van der Waals surface area contributed by atoms with Crippen LogP contribution in [0.25, 0.3) is 22.2 Å². The van der Waals surface area contributed by atoms with Crippen molar-refractivity contribution in [3.05, 3.63) is 78.4 Å². The number of hydrogen-bond acceptors (Lipinski definition) is 4. The molecule has 0 aliphatic heterocycles. The van der Waals surface area contributed by atoms with E-state index in [1.54, 1.807) is 0 Å². The maximum Gasteiger partial charge on any atom is 0.300 e. The Labute approximate surface area is 152 Å². The minimum absolute atomic E-state index is 0.341. The lowest BCUT2D eigenvalue weighted by molar-refractivity contribution is 0.554. The lowest BCUT2D eigenvalue weighted by Crippen LogP contribution is -2.28. The van der Waals surface area contributed by atoms with Gasteiger partial charge in [-0.05, 0) is 54.8 Å². The number of nitrogens with two attached hydrogens (primary N) is 1. The van der Waals surface area contributed by atoms with E-state index in [2.05, 4.69) is 34.6 Å². The second-order valence-corrected chi connectivity index (χ2v) is 6.99. The molecule has 0 bridgehead atoms. The summed E-state index contributed by atoms with van der Waals surface area (Å²) in [5, 5.41) is 3.18. The Morgan fingerprint density at radius 1 is 0.885 bits per heavy atom. The van der Waals surface area contributed by atoms with E-state index in [-0.39, 0.29) is 5.54 Å². The van der Waals surface area contributed by atoms with Crippen molar-refractivity contribution >= 4 is 22.8 Å². The van der Waals surface area contributed by atoms with Gasteiger partial charge in [0.15, 0.2) is 5.58 Å². The SMILES string of the molecule is CC(C)(N)c1ccc(-c2ccc3oc(Nc4ccccc4)nc3c2)cc1. The summed E-state index contributed by atoms with van der Waals surface area (Å²) in [6, 6.07) is 24.7. The van der Waals surface area contributed by atoms with Crippen molar-refractivity contribution in [2.45, 2.75) is 19.4 Å². The van der Waals surface area contributed by atoms with Gasteiger partial charge in [0.05, 0.1) is 0 Å². The predicted octanol–water partition coefficient (Wildman–Crippen LogP) is 5.43. The van der Waals surface area contributed by atoms with Crippen LogP contribution >= 0.6 is 0 Å².